The normalized spacial score (nSPS) is 27.0. The van der Waals surface area contributed by atoms with E-state index in [-0.39, 0.29) is 29.5 Å². The van der Waals surface area contributed by atoms with E-state index in [2.05, 4.69) is 0 Å². The number of rotatable bonds is 6. The van der Waals surface area contributed by atoms with Crippen molar-refractivity contribution in [2.75, 3.05) is 12.4 Å². The third-order valence-electron chi connectivity index (χ3n) is 4.71. The van der Waals surface area contributed by atoms with Crippen molar-refractivity contribution in [3.05, 3.63) is 78.6 Å². The second-order valence-corrected chi connectivity index (χ2v) is 8.76. The lowest BCUT2D eigenvalue weighted by Gasteiger charge is -2.40. The molecule has 2 heterocycles. The van der Waals surface area contributed by atoms with Gasteiger partial charge in [-0.15, -0.1) is 0 Å². The Morgan fingerprint density at radius 2 is 1.71 bits per heavy atom. The monoisotopic (exact) mass is 402 g/mol. The molecule has 1 fully saturated rings. The van der Waals surface area contributed by atoms with Gasteiger partial charge in [-0.05, 0) is 23.8 Å². The SMILES string of the molecule is O=S(=O)(CC1OC[C@H]2OC=C[C@@H](OCc3ccccc3)[C@@H]2O1)c1ccccc1. The first-order valence-electron chi connectivity index (χ1n) is 9.14. The fraction of sp³-hybridized carbons (Fsp3) is 0.333. The first kappa shape index (κ1) is 19.1. The van der Waals surface area contributed by atoms with E-state index in [0.29, 0.717) is 6.61 Å². The molecule has 0 radical (unpaired) electrons. The van der Waals surface area contributed by atoms with Crippen LogP contribution in [0.15, 0.2) is 77.9 Å². The van der Waals surface area contributed by atoms with Crippen LogP contribution in [0.2, 0.25) is 0 Å². The molecule has 7 heteroatoms. The second kappa shape index (κ2) is 8.45. The molecule has 1 unspecified atom stereocenters. The molecule has 0 bridgehead atoms. The summed E-state index contributed by atoms with van der Waals surface area (Å²) in [5.74, 6) is -0.255. The maximum Gasteiger partial charge on any atom is 0.183 e. The Labute approximate surface area is 164 Å². The molecule has 0 aliphatic carbocycles. The van der Waals surface area contributed by atoms with Crippen molar-refractivity contribution < 1.29 is 27.4 Å². The van der Waals surface area contributed by atoms with Crippen molar-refractivity contribution in [1.29, 1.82) is 0 Å². The summed E-state index contributed by atoms with van der Waals surface area (Å²) in [6.45, 7) is 0.672. The van der Waals surface area contributed by atoms with Crippen LogP contribution < -0.4 is 0 Å². The van der Waals surface area contributed by atoms with Gasteiger partial charge in [0, 0.05) is 0 Å². The van der Waals surface area contributed by atoms with E-state index < -0.39 is 22.2 Å². The highest BCUT2D eigenvalue weighted by Gasteiger charge is 2.41. The standard InChI is InChI=1S/C21H22O6S/c22-28(23,17-9-5-2-6-10-17)15-20-26-14-19-21(27-20)18(11-12-24-19)25-13-16-7-3-1-4-8-16/h1-12,18-21H,13-15H2/t18-,19-,20?,21+/m1/s1. The molecule has 148 valence electrons. The molecule has 0 saturated carbocycles. The molecular weight excluding hydrogens is 380 g/mol. The number of sulfone groups is 1. The summed E-state index contributed by atoms with van der Waals surface area (Å²) >= 11 is 0. The van der Waals surface area contributed by atoms with Crippen LogP contribution in [-0.4, -0.2) is 45.4 Å². The fourth-order valence-corrected chi connectivity index (χ4v) is 4.54. The number of hydrogen-bond acceptors (Lipinski definition) is 6. The Hall–Kier alpha value is -2.19. The highest BCUT2D eigenvalue weighted by molar-refractivity contribution is 7.91. The molecule has 4 atom stereocenters. The number of hydrogen-bond donors (Lipinski definition) is 0. The molecule has 0 spiro atoms. The van der Waals surface area contributed by atoms with Crippen LogP contribution in [0.3, 0.4) is 0 Å². The van der Waals surface area contributed by atoms with E-state index in [1.54, 1.807) is 42.7 Å². The minimum Gasteiger partial charge on any atom is -0.493 e. The number of ether oxygens (including phenoxy) is 4. The zero-order valence-electron chi connectivity index (χ0n) is 15.2. The van der Waals surface area contributed by atoms with Gasteiger partial charge in [0.2, 0.25) is 0 Å². The second-order valence-electron chi connectivity index (χ2n) is 6.72. The minimum absolute atomic E-state index is 0.245. The van der Waals surface area contributed by atoms with Crippen molar-refractivity contribution in [2.24, 2.45) is 0 Å². The van der Waals surface area contributed by atoms with Crippen LogP contribution in [0.1, 0.15) is 5.56 Å². The van der Waals surface area contributed by atoms with Gasteiger partial charge in [0.25, 0.3) is 0 Å². The third kappa shape index (κ3) is 4.44. The molecule has 2 aromatic rings. The predicted molar refractivity (Wildman–Crippen MR) is 102 cm³/mol. The predicted octanol–water partition coefficient (Wildman–Crippen LogP) is 2.70. The summed E-state index contributed by atoms with van der Waals surface area (Å²) < 4.78 is 48.4. The number of benzene rings is 2. The van der Waals surface area contributed by atoms with E-state index in [0.717, 1.165) is 5.56 Å². The van der Waals surface area contributed by atoms with Crippen molar-refractivity contribution in [1.82, 2.24) is 0 Å². The van der Waals surface area contributed by atoms with Gasteiger partial charge >= 0.3 is 0 Å². The van der Waals surface area contributed by atoms with Crippen LogP contribution in [0.5, 0.6) is 0 Å². The zero-order valence-corrected chi connectivity index (χ0v) is 16.0. The highest BCUT2D eigenvalue weighted by atomic mass is 32.2. The third-order valence-corrected chi connectivity index (χ3v) is 6.41. The van der Waals surface area contributed by atoms with Crippen LogP contribution in [0.25, 0.3) is 0 Å². The van der Waals surface area contributed by atoms with Crippen molar-refractivity contribution in [3.8, 4) is 0 Å². The lowest BCUT2D eigenvalue weighted by Crippen LogP contribution is -2.53. The molecule has 4 rings (SSSR count). The summed E-state index contributed by atoms with van der Waals surface area (Å²) in [6.07, 6.45) is 1.40. The van der Waals surface area contributed by atoms with E-state index in [9.17, 15) is 8.42 Å². The molecule has 28 heavy (non-hydrogen) atoms. The zero-order chi connectivity index (χ0) is 19.4. The van der Waals surface area contributed by atoms with E-state index in [4.69, 9.17) is 18.9 Å². The van der Waals surface area contributed by atoms with Gasteiger partial charge in [-0.2, -0.15) is 0 Å². The molecule has 0 aromatic heterocycles. The maximum atomic E-state index is 12.6. The van der Waals surface area contributed by atoms with Crippen LogP contribution in [0.4, 0.5) is 0 Å². The van der Waals surface area contributed by atoms with Crippen molar-refractivity contribution in [2.45, 2.75) is 36.1 Å². The van der Waals surface area contributed by atoms with Gasteiger partial charge in [0.15, 0.2) is 22.2 Å². The topological polar surface area (TPSA) is 71.1 Å². The summed E-state index contributed by atoms with van der Waals surface area (Å²) in [5, 5.41) is 0. The summed E-state index contributed by atoms with van der Waals surface area (Å²) in [4.78, 5) is 0.251. The Morgan fingerprint density at radius 1 is 1.00 bits per heavy atom. The first-order valence-corrected chi connectivity index (χ1v) is 10.8. The van der Waals surface area contributed by atoms with E-state index >= 15 is 0 Å². The Kier molecular flexibility index (Phi) is 5.77. The van der Waals surface area contributed by atoms with Gasteiger partial charge in [-0.25, -0.2) is 8.42 Å². The van der Waals surface area contributed by atoms with Gasteiger partial charge in [0.05, 0.1) is 24.4 Å². The minimum atomic E-state index is -3.52. The summed E-state index contributed by atoms with van der Waals surface area (Å²) in [5.41, 5.74) is 1.05. The molecular formula is C21H22O6S. The first-order chi connectivity index (χ1) is 13.6. The highest BCUT2D eigenvalue weighted by Crippen LogP contribution is 2.27. The molecule has 0 N–H and O–H groups in total. The molecule has 0 amide bonds. The summed E-state index contributed by atoms with van der Waals surface area (Å²) in [6, 6.07) is 18.1. The maximum absolute atomic E-state index is 12.6. The number of fused-ring (bicyclic) bond motifs is 1. The lowest BCUT2D eigenvalue weighted by molar-refractivity contribution is -0.268. The average Bonchev–Trinajstić information content (AvgIpc) is 2.73. The molecule has 1 saturated heterocycles. The molecule has 2 aliphatic heterocycles. The smallest absolute Gasteiger partial charge is 0.183 e. The van der Waals surface area contributed by atoms with Gasteiger partial charge < -0.3 is 18.9 Å². The Morgan fingerprint density at radius 3 is 2.46 bits per heavy atom. The molecule has 6 nitrogen and oxygen atoms in total. The van der Waals surface area contributed by atoms with Crippen molar-refractivity contribution in [3.63, 3.8) is 0 Å². The van der Waals surface area contributed by atoms with Gasteiger partial charge in [-0.1, -0.05) is 48.5 Å². The Bertz CT molecular complexity index is 897. The van der Waals surface area contributed by atoms with Crippen LogP contribution in [-0.2, 0) is 35.4 Å². The summed E-state index contributed by atoms with van der Waals surface area (Å²) in [7, 11) is -3.52. The van der Waals surface area contributed by atoms with E-state index in [1.165, 1.54) is 0 Å². The lowest BCUT2D eigenvalue weighted by atomic mass is 10.1. The van der Waals surface area contributed by atoms with Crippen molar-refractivity contribution >= 4 is 9.84 Å². The average molecular weight is 402 g/mol. The fourth-order valence-electron chi connectivity index (χ4n) is 3.25. The van der Waals surface area contributed by atoms with Gasteiger partial charge in [-0.3, -0.25) is 0 Å². The molecule has 2 aromatic carbocycles. The van der Waals surface area contributed by atoms with Crippen LogP contribution in [0, 0.1) is 0 Å². The quantitative estimate of drug-likeness (QED) is 0.740. The van der Waals surface area contributed by atoms with Gasteiger partial charge in [0.1, 0.15) is 18.0 Å². The molecule has 2 aliphatic rings. The van der Waals surface area contributed by atoms with Crippen LogP contribution >= 0.6 is 0 Å². The van der Waals surface area contributed by atoms with E-state index in [1.807, 2.05) is 30.3 Å². The Balaban J connectivity index is 1.41. The largest absolute Gasteiger partial charge is 0.493 e.